The third-order valence-electron chi connectivity index (χ3n) is 3.43. The molecule has 6 heteroatoms. The highest BCUT2D eigenvalue weighted by atomic mass is 32.2. The van der Waals surface area contributed by atoms with Crippen LogP contribution < -0.4 is 0 Å². The van der Waals surface area contributed by atoms with Gasteiger partial charge >= 0.3 is 0 Å². The predicted molar refractivity (Wildman–Crippen MR) is 109 cm³/mol. The number of aliphatic hydroxyl groups is 1. The number of benzene rings is 2. The SMILES string of the molecule is [2H]c1c([2H])c([2H])c2c(c1[2H])N=C(N1C([2H])([2H])C([2H])([2H])N(CCOCCO)C([2H])([2H])C1([2H])[2H])c1c([2H])c([2H])c([2H])c([2H])c1S2. The summed E-state index contributed by atoms with van der Waals surface area (Å²) in [6, 6.07) is -6.09. The molecule has 27 heavy (non-hydrogen) atoms. The first kappa shape index (κ1) is 7.52. The van der Waals surface area contributed by atoms with Crippen LogP contribution in [0.15, 0.2) is 63.1 Å². The molecular weight excluding hydrogens is 358 g/mol. The van der Waals surface area contributed by atoms with Gasteiger partial charge in [-0.1, -0.05) is 42.0 Å². The highest BCUT2D eigenvalue weighted by Crippen LogP contribution is 2.40. The Morgan fingerprint density at radius 3 is 2.59 bits per heavy atom. The molecule has 0 unspecified atom stereocenters. The molecule has 2 heterocycles. The number of rotatable bonds is 5. The van der Waals surface area contributed by atoms with Crippen LogP contribution in [-0.4, -0.2) is 73.1 Å². The molecule has 5 nitrogen and oxygen atoms in total. The van der Waals surface area contributed by atoms with Gasteiger partial charge in [-0.3, -0.25) is 4.90 Å². The number of hydrogen-bond donors (Lipinski definition) is 1. The lowest BCUT2D eigenvalue weighted by Crippen LogP contribution is -2.49. The van der Waals surface area contributed by atoms with Crippen LogP contribution >= 0.6 is 11.8 Å². The third kappa shape index (κ3) is 4.35. The fourth-order valence-corrected chi connectivity index (χ4v) is 3.07. The first-order valence-corrected chi connectivity index (χ1v) is 8.75. The Labute approximate surface area is 187 Å². The highest BCUT2D eigenvalue weighted by Gasteiger charge is 2.24. The van der Waals surface area contributed by atoms with Gasteiger partial charge in [0.25, 0.3) is 0 Å². The van der Waals surface area contributed by atoms with Crippen molar-refractivity contribution >= 4 is 23.3 Å². The lowest BCUT2D eigenvalue weighted by Gasteiger charge is -2.36. The van der Waals surface area contributed by atoms with Crippen molar-refractivity contribution in [3.05, 3.63) is 53.9 Å². The van der Waals surface area contributed by atoms with E-state index in [1.54, 1.807) is 0 Å². The quantitative estimate of drug-likeness (QED) is 0.784. The Morgan fingerprint density at radius 2 is 1.78 bits per heavy atom. The molecule has 4 rings (SSSR count). The van der Waals surface area contributed by atoms with Gasteiger partial charge in [0.15, 0.2) is 0 Å². The molecule has 0 atom stereocenters. The van der Waals surface area contributed by atoms with Gasteiger partial charge in [0.05, 0.1) is 42.0 Å². The van der Waals surface area contributed by atoms with E-state index in [2.05, 4.69) is 4.99 Å². The van der Waals surface area contributed by atoms with E-state index in [0.717, 1.165) is 0 Å². The van der Waals surface area contributed by atoms with E-state index in [4.69, 9.17) is 31.8 Å². The van der Waals surface area contributed by atoms with Crippen molar-refractivity contribution in [1.82, 2.24) is 9.80 Å². The van der Waals surface area contributed by atoms with Gasteiger partial charge in [0.1, 0.15) is 5.84 Å². The number of hydrogen-bond acceptors (Lipinski definition) is 6. The molecule has 0 bridgehead atoms. The van der Waals surface area contributed by atoms with Crippen molar-refractivity contribution in [3.8, 4) is 0 Å². The van der Waals surface area contributed by atoms with Gasteiger partial charge < -0.3 is 14.7 Å². The van der Waals surface area contributed by atoms with E-state index in [0.29, 0.717) is 11.8 Å². The van der Waals surface area contributed by atoms with Crippen LogP contribution in [0.5, 0.6) is 0 Å². The van der Waals surface area contributed by atoms with Crippen molar-refractivity contribution in [1.29, 1.82) is 0 Å². The largest absolute Gasteiger partial charge is 0.394 e. The number of amidine groups is 1. The van der Waals surface area contributed by atoms with Crippen molar-refractivity contribution in [2.75, 3.05) is 52.4 Å². The molecule has 0 radical (unpaired) electrons. The van der Waals surface area contributed by atoms with Crippen LogP contribution in [0.3, 0.4) is 0 Å². The van der Waals surface area contributed by atoms with E-state index in [1.807, 2.05) is 0 Å². The van der Waals surface area contributed by atoms with Crippen LogP contribution in [0.25, 0.3) is 0 Å². The Hall–Kier alpha value is -1.86. The van der Waals surface area contributed by atoms with Gasteiger partial charge in [0.2, 0.25) is 0 Å². The zero-order valence-corrected chi connectivity index (χ0v) is 14.8. The highest BCUT2D eigenvalue weighted by molar-refractivity contribution is 7.99. The number of nitrogens with zero attached hydrogens (tertiary/aromatic N) is 3. The lowest BCUT2D eigenvalue weighted by molar-refractivity contribution is 0.0652. The van der Waals surface area contributed by atoms with E-state index in [9.17, 15) is 0 Å². The number of aliphatic hydroxyl groups excluding tert-OH is 1. The molecule has 1 N–H and O–H groups in total. The minimum atomic E-state index is -3.54. The summed E-state index contributed by atoms with van der Waals surface area (Å²) < 4.78 is 142. The van der Waals surface area contributed by atoms with Crippen LogP contribution in [0.2, 0.25) is 0 Å². The maximum absolute atomic E-state index is 8.94. The average molecular weight is 400 g/mol. The number of aliphatic imine (C=N–C) groups is 1. The van der Waals surface area contributed by atoms with Crippen LogP contribution in [0.4, 0.5) is 5.69 Å². The summed E-state index contributed by atoms with van der Waals surface area (Å²) in [5.74, 6) is -1.00. The minimum absolute atomic E-state index is 0.00139. The van der Waals surface area contributed by atoms with Crippen molar-refractivity contribution < 1.29 is 31.8 Å². The van der Waals surface area contributed by atoms with Crippen molar-refractivity contribution in [3.63, 3.8) is 0 Å². The number of ether oxygens (including phenoxy) is 1. The summed E-state index contributed by atoms with van der Waals surface area (Å²) >= 11 is 0.472. The first-order chi connectivity index (χ1) is 19.7. The van der Waals surface area contributed by atoms with Crippen molar-refractivity contribution in [2.45, 2.75) is 9.79 Å². The molecule has 2 aliphatic heterocycles. The van der Waals surface area contributed by atoms with E-state index in [-0.39, 0.29) is 21.3 Å². The van der Waals surface area contributed by atoms with Crippen LogP contribution in [0.1, 0.15) is 27.5 Å². The molecule has 1 saturated heterocycles. The number of para-hydroxylation sites is 1. The second kappa shape index (κ2) is 8.89. The molecule has 0 aliphatic carbocycles. The zero-order chi connectivity index (χ0) is 32.6. The van der Waals surface area contributed by atoms with Crippen molar-refractivity contribution in [2.24, 2.45) is 4.99 Å². The molecule has 0 amide bonds. The molecule has 2 aliphatic rings. The summed E-state index contributed by atoms with van der Waals surface area (Å²) in [6.07, 6.45) is 0. The van der Waals surface area contributed by atoms with E-state index >= 15 is 0 Å². The Balaban J connectivity index is 2.11. The molecule has 1 fully saturated rings. The molecule has 142 valence electrons. The molecule has 0 aromatic heterocycles. The molecule has 2 aromatic carbocycles. The van der Waals surface area contributed by atoms with Crippen LogP contribution in [0, 0.1) is 0 Å². The smallest absolute Gasteiger partial charge is 0.137 e. The van der Waals surface area contributed by atoms with Gasteiger partial charge in [-0.25, -0.2) is 4.99 Å². The van der Waals surface area contributed by atoms with E-state index in [1.165, 1.54) is 0 Å². The summed E-state index contributed by atoms with van der Waals surface area (Å²) in [5.41, 5.74) is -1.23. The average Bonchev–Trinajstić information content (AvgIpc) is 3.09. The maximum Gasteiger partial charge on any atom is 0.137 e. The Bertz CT molecular complexity index is 1490. The summed E-state index contributed by atoms with van der Waals surface area (Å²) in [7, 11) is 0. The summed E-state index contributed by atoms with van der Waals surface area (Å²) in [6.45, 7) is -15.5. The predicted octanol–water partition coefficient (Wildman–Crippen LogP) is 2.86. The normalized spacial score (nSPS) is 33.1. The summed E-state index contributed by atoms with van der Waals surface area (Å²) in [5, 5.41) is 8.94. The number of piperazine rings is 1. The topological polar surface area (TPSA) is 48.3 Å². The van der Waals surface area contributed by atoms with E-state index < -0.39 is 116 Å². The van der Waals surface area contributed by atoms with Gasteiger partial charge in [0, 0.05) is 53.4 Å². The fraction of sp³-hybridized carbons (Fsp3) is 0.381. The second-order valence-corrected chi connectivity index (χ2v) is 6.21. The van der Waals surface area contributed by atoms with Gasteiger partial charge in [-0.2, -0.15) is 0 Å². The molecule has 2 aromatic rings. The molecule has 0 saturated carbocycles. The monoisotopic (exact) mass is 399 g/mol. The third-order valence-corrected chi connectivity index (χ3v) is 4.44. The minimum Gasteiger partial charge on any atom is -0.394 e. The lowest BCUT2D eigenvalue weighted by atomic mass is 10.1. The molecular formula is C21H25N3O2S. The standard InChI is InChI=1S/C21H25N3O2S/c25-14-16-26-15-13-23-9-11-24(12-10-23)21-17-5-1-3-7-19(17)27-20-8-4-2-6-18(20)22-21/h1-8,25H,9-16H2/i1D,2D,3D,4D,5D,6D,7D,8D,9D2,10D2,11D2,12D2. The Kier molecular flexibility index (Phi) is 2.47. The van der Waals surface area contributed by atoms with Crippen LogP contribution in [-0.2, 0) is 4.74 Å². The first-order valence-electron chi connectivity index (χ1n) is 15.9. The van der Waals surface area contributed by atoms with Gasteiger partial charge in [-0.05, 0) is 18.1 Å². The second-order valence-electron chi connectivity index (χ2n) is 5.19. The maximum atomic E-state index is 8.94. The molecule has 0 spiro atoms. The number of fused-ring (bicyclic) bond motifs is 2. The van der Waals surface area contributed by atoms with Gasteiger partial charge in [-0.15, -0.1) is 0 Å². The Morgan fingerprint density at radius 1 is 1.04 bits per heavy atom. The fourth-order valence-electron chi connectivity index (χ4n) is 2.22. The zero-order valence-electron chi connectivity index (χ0n) is 29.9. The summed E-state index contributed by atoms with van der Waals surface area (Å²) in [4.78, 5) is 3.70.